The number of ether oxygens (including phenoxy) is 1. The van der Waals surface area contributed by atoms with Gasteiger partial charge in [0.2, 0.25) is 0 Å². The van der Waals surface area contributed by atoms with Gasteiger partial charge in [0.1, 0.15) is 12.3 Å². The van der Waals surface area contributed by atoms with Gasteiger partial charge in [-0.1, -0.05) is 57.5 Å². The Hall–Kier alpha value is -1.16. The zero-order valence-electron chi connectivity index (χ0n) is 17.8. The summed E-state index contributed by atoms with van der Waals surface area (Å²) in [5.41, 5.74) is 1.11. The number of hydrogen-bond donors (Lipinski definition) is 0. The normalized spacial score (nSPS) is 23.4. The molecule has 2 rings (SSSR count). The van der Waals surface area contributed by atoms with Gasteiger partial charge in [0, 0.05) is 5.92 Å². The molecule has 1 aromatic carbocycles. The predicted octanol–water partition coefficient (Wildman–Crippen LogP) is 5.58. The van der Waals surface area contributed by atoms with E-state index in [2.05, 4.69) is 32.9 Å². The van der Waals surface area contributed by atoms with Gasteiger partial charge in [-0.3, -0.25) is 9.36 Å². The summed E-state index contributed by atoms with van der Waals surface area (Å²) in [4.78, 5) is 12.6. The van der Waals surface area contributed by atoms with Crippen molar-refractivity contribution in [2.24, 2.45) is 11.8 Å². The summed E-state index contributed by atoms with van der Waals surface area (Å²) in [5, 5.41) is 0. The van der Waals surface area contributed by atoms with Gasteiger partial charge in [0.15, 0.2) is 0 Å². The Kier molecular flexibility index (Phi) is 8.30. The van der Waals surface area contributed by atoms with Crippen LogP contribution in [0.2, 0.25) is 0 Å². The van der Waals surface area contributed by atoms with E-state index in [1.54, 1.807) is 13.8 Å². The molecule has 0 radical (unpaired) electrons. The van der Waals surface area contributed by atoms with Gasteiger partial charge >= 0.3 is 13.6 Å². The minimum absolute atomic E-state index is 0.129. The average Bonchev–Trinajstić information content (AvgIpc) is 2.62. The Balaban J connectivity index is 2.16. The van der Waals surface area contributed by atoms with Crippen LogP contribution in [-0.4, -0.2) is 31.4 Å². The molecular formula is C22H35O5P. The van der Waals surface area contributed by atoms with Crippen molar-refractivity contribution in [2.45, 2.75) is 65.4 Å². The summed E-state index contributed by atoms with van der Waals surface area (Å²) in [6.07, 6.45) is 2.39. The molecule has 0 spiro atoms. The number of benzene rings is 1. The molecule has 1 saturated carbocycles. The zero-order chi connectivity index (χ0) is 20.8. The fraction of sp³-hybridized carbons (Fsp3) is 0.682. The summed E-state index contributed by atoms with van der Waals surface area (Å²) in [6.45, 7) is 10.6. The van der Waals surface area contributed by atoms with Crippen molar-refractivity contribution in [3.63, 3.8) is 0 Å². The van der Waals surface area contributed by atoms with E-state index in [1.807, 2.05) is 18.2 Å². The zero-order valence-corrected chi connectivity index (χ0v) is 18.7. The molecule has 6 heteroatoms. The summed E-state index contributed by atoms with van der Waals surface area (Å²) in [6, 6.07) is 10.4. The standard InChI is InChI=1S/C22H35O5P/c1-6-25-28(24,26-7-2)16-21(23)27-20-15-17(3)13-14-19(20)22(4,5)18-11-9-8-10-12-18/h8-12,17,19-20H,6-7,13-16H2,1-5H3/t17-,19-,20-/m1/s1. The van der Waals surface area contributed by atoms with Gasteiger partial charge in [-0.25, -0.2) is 0 Å². The highest BCUT2D eigenvalue weighted by Crippen LogP contribution is 2.49. The maximum atomic E-state index is 12.7. The molecule has 158 valence electrons. The Bertz CT molecular complexity index is 663. The quantitative estimate of drug-likeness (QED) is 0.393. The molecule has 5 nitrogen and oxygen atoms in total. The largest absolute Gasteiger partial charge is 0.462 e. The highest BCUT2D eigenvalue weighted by molar-refractivity contribution is 7.54. The third-order valence-electron chi connectivity index (χ3n) is 5.76. The smallest absolute Gasteiger partial charge is 0.341 e. The molecule has 0 unspecified atom stereocenters. The van der Waals surface area contributed by atoms with Crippen LogP contribution in [0.1, 0.15) is 59.4 Å². The SMILES string of the molecule is CCOP(=O)(CC(=O)O[C@@H]1C[C@H](C)CC[C@H]1C(C)(C)c1ccccc1)OCC. The first-order chi connectivity index (χ1) is 13.2. The Morgan fingerprint density at radius 1 is 1.11 bits per heavy atom. The van der Waals surface area contributed by atoms with Crippen LogP contribution in [0.25, 0.3) is 0 Å². The van der Waals surface area contributed by atoms with Crippen molar-refractivity contribution in [3.8, 4) is 0 Å². The minimum atomic E-state index is -3.45. The summed E-state index contributed by atoms with van der Waals surface area (Å²) >= 11 is 0. The highest BCUT2D eigenvalue weighted by Gasteiger charge is 2.42. The second-order valence-corrected chi connectivity index (χ2v) is 10.3. The van der Waals surface area contributed by atoms with E-state index in [0.29, 0.717) is 5.92 Å². The van der Waals surface area contributed by atoms with Gasteiger partial charge < -0.3 is 13.8 Å². The predicted molar refractivity (Wildman–Crippen MR) is 112 cm³/mol. The summed E-state index contributed by atoms with van der Waals surface area (Å²) < 4.78 is 29.1. The van der Waals surface area contributed by atoms with Crippen LogP contribution >= 0.6 is 7.60 Å². The van der Waals surface area contributed by atoms with E-state index in [0.717, 1.165) is 19.3 Å². The molecule has 0 heterocycles. The number of hydrogen-bond acceptors (Lipinski definition) is 5. The van der Waals surface area contributed by atoms with Crippen LogP contribution in [0, 0.1) is 11.8 Å². The molecule has 0 bridgehead atoms. The Morgan fingerprint density at radius 2 is 1.71 bits per heavy atom. The minimum Gasteiger partial charge on any atom is -0.462 e. The van der Waals surface area contributed by atoms with Crippen LogP contribution in [0.4, 0.5) is 0 Å². The third kappa shape index (κ3) is 5.92. The van der Waals surface area contributed by atoms with E-state index in [1.165, 1.54) is 5.56 Å². The summed E-state index contributed by atoms with van der Waals surface area (Å²) in [7, 11) is -3.45. The van der Waals surface area contributed by atoms with E-state index in [-0.39, 0.29) is 36.8 Å². The molecule has 0 saturated heterocycles. The monoisotopic (exact) mass is 410 g/mol. The Labute approximate surface area is 169 Å². The molecule has 1 aromatic rings. The molecule has 28 heavy (non-hydrogen) atoms. The molecule has 1 aliphatic carbocycles. The second-order valence-electron chi connectivity index (χ2n) is 8.25. The first kappa shape index (κ1) is 23.1. The lowest BCUT2D eigenvalue weighted by atomic mass is 9.64. The first-order valence-electron chi connectivity index (χ1n) is 10.3. The third-order valence-corrected chi connectivity index (χ3v) is 7.70. The second kappa shape index (κ2) is 10.0. The lowest BCUT2D eigenvalue weighted by Gasteiger charge is -2.44. The number of esters is 1. The van der Waals surface area contributed by atoms with E-state index >= 15 is 0 Å². The van der Waals surface area contributed by atoms with Crippen molar-refractivity contribution >= 4 is 13.6 Å². The first-order valence-corrected chi connectivity index (χ1v) is 12.1. The molecule has 3 atom stereocenters. The molecule has 1 aliphatic rings. The topological polar surface area (TPSA) is 61.8 Å². The van der Waals surface area contributed by atoms with E-state index < -0.39 is 13.6 Å². The maximum absolute atomic E-state index is 12.7. The Morgan fingerprint density at radius 3 is 2.29 bits per heavy atom. The van der Waals surface area contributed by atoms with Crippen LogP contribution in [0.3, 0.4) is 0 Å². The molecule has 0 amide bonds. The highest BCUT2D eigenvalue weighted by atomic mass is 31.2. The summed E-state index contributed by atoms with van der Waals surface area (Å²) in [5.74, 6) is 0.193. The van der Waals surface area contributed by atoms with Crippen molar-refractivity contribution in [2.75, 3.05) is 19.4 Å². The van der Waals surface area contributed by atoms with Crippen molar-refractivity contribution in [3.05, 3.63) is 35.9 Å². The number of rotatable bonds is 9. The van der Waals surface area contributed by atoms with E-state index in [9.17, 15) is 9.36 Å². The van der Waals surface area contributed by atoms with Crippen LogP contribution in [0.5, 0.6) is 0 Å². The van der Waals surface area contributed by atoms with Gasteiger partial charge in [-0.2, -0.15) is 0 Å². The lowest BCUT2D eigenvalue weighted by Crippen LogP contribution is -2.43. The van der Waals surface area contributed by atoms with Crippen LogP contribution in [0.15, 0.2) is 30.3 Å². The molecule has 0 N–H and O–H groups in total. The number of carbonyl (C=O) groups is 1. The van der Waals surface area contributed by atoms with Crippen LogP contribution < -0.4 is 0 Å². The van der Waals surface area contributed by atoms with Crippen molar-refractivity contribution < 1.29 is 23.1 Å². The van der Waals surface area contributed by atoms with Gasteiger partial charge in [0.25, 0.3) is 0 Å². The fourth-order valence-corrected chi connectivity index (χ4v) is 5.69. The fourth-order valence-electron chi connectivity index (χ4n) is 4.25. The average molecular weight is 410 g/mol. The molecule has 0 aromatic heterocycles. The van der Waals surface area contributed by atoms with Crippen molar-refractivity contribution in [1.82, 2.24) is 0 Å². The van der Waals surface area contributed by atoms with Gasteiger partial charge in [-0.15, -0.1) is 0 Å². The van der Waals surface area contributed by atoms with Crippen LogP contribution in [-0.2, 0) is 28.6 Å². The maximum Gasteiger partial charge on any atom is 0.341 e. The molecular weight excluding hydrogens is 375 g/mol. The van der Waals surface area contributed by atoms with Gasteiger partial charge in [-0.05, 0) is 43.6 Å². The molecule has 1 fully saturated rings. The number of carbonyl (C=O) groups excluding carboxylic acids is 1. The lowest BCUT2D eigenvalue weighted by molar-refractivity contribution is -0.153. The van der Waals surface area contributed by atoms with E-state index in [4.69, 9.17) is 13.8 Å². The molecule has 0 aliphatic heterocycles. The van der Waals surface area contributed by atoms with Gasteiger partial charge in [0.05, 0.1) is 13.2 Å². The van der Waals surface area contributed by atoms with Crippen molar-refractivity contribution in [1.29, 1.82) is 0 Å².